The van der Waals surface area contributed by atoms with Gasteiger partial charge in [-0.05, 0) is 32.6 Å². The Morgan fingerprint density at radius 2 is 2.25 bits per heavy atom. The third-order valence-corrected chi connectivity index (χ3v) is 3.25. The predicted octanol–water partition coefficient (Wildman–Crippen LogP) is 1.19. The maximum absolute atomic E-state index is 9.61. The molecule has 1 N–H and O–H groups in total. The van der Waals surface area contributed by atoms with Gasteiger partial charge in [0.05, 0.1) is 6.10 Å². The molecule has 2 nitrogen and oxygen atoms in total. The molecule has 1 aliphatic carbocycles. The molecule has 0 spiro atoms. The maximum Gasteiger partial charge on any atom is 0.0695 e. The second-order valence-electron chi connectivity index (χ2n) is 3.54. The number of aliphatic hydroxyl groups excluding tert-OH is 1. The standard InChI is InChI=1S/C9H19NOS/c1-10(6-7-12-2)8-4-3-5-9(8)11/h8-9,11H,3-7H2,1-2H3/t8-,9-/m0/s1. The van der Waals surface area contributed by atoms with Crippen molar-refractivity contribution in [3.8, 4) is 0 Å². The number of nitrogens with zero attached hydrogens (tertiary/aromatic N) is 1. The van der Waals surface area contributed by atoms with E-state index in [4.69, 9.17) is 0 Å². The van der Waals surface area contributed by atoms with E-state index in [-0.39, 0.29) is 6.10 Å². The summed E-state index contributed by atoms with van der Waals surface area (Å²) >= 11 is 1.87. The van der Waals surface area contributed by atoms with Crippen LogP contribution >= 0.6 is 11.8 Å². The number of likely N-dealkylation sites (N-methyl/N-ethyl adjacent to an activating group) is 1. The average molecular weight is 189 g/mol. The van der Waals surface area contributed by atoms with Crippen LogP contribution in [0.25, 0.3) is 0 Å². The fourth-order valence-corrected chi connectivity index (χ4v) is 2.31. The number of hydrogen-bond donors (Lipinski definition) is 1. The summed E-state index contributed by atoms with van der Waals surface area (Å²) < 4.78 is 0. The highest BCUT2D eigenvalue weighted by Gasteiger charge is 2.27. The van der Waals surface area contributed by atoms with Crippen LogP contribution in [0.2, 0.25) is 0 Å². The highest BCUT2D eigenvalue weighted by molar-refractivity contribution is 7.98. The van der Waals surface area contributed by atoms with Gasteiger partial charge in [0.2, 0.25) is 0 Å². The third kappa shape index (κ3) is 2.64. The molecule has 3 heteroatoms. The van der Waals surface area contributed by atoms with Crippen LogP contribution in [0.1, 0.15) is 19.3 Å². The highest BCUT2D eigenvalue weighted by atomic mass is 32.2. The van der Waals surface area contributed by atoms with E-state index in [0.717, 1.165) is 13.0 Å². The number of thioether (sulfide) groups is 1. The summed E-state index contributed by atoms with van der Waals surface area (Å²) in [5.74, 6) is 1.17. The molecule has 0 aromatic heterocycles. The lowest BCUT2D eigenvalue weighted by molar-refractivity contribution is 0.0900. The van der Waals surface area contributed by atoms with Crippen LogP contribution in [0.15, 0.2) is 0 Å². The summed E-state index contributed by atoms with van der Waals surface area (Å²) in [7, 11) is 2.12. The van der Waals surface area contributed by atoms with Crippen molar-refractivity contribution >= 4 is 11.8 Å². The molecule has 12 heavy (non-hydrogen) atoms. The summed E-state index contributed by atoms with van der Waals surface area (Å²) in [5, 5.41) is 9.61. The van der Waals surface area contributed by atoms with Crippen molar-refractivity contribution < 1.29 is 5.11 Å². The van der Waals surface area contributed by atoms with Crippen LogP contribution in [0.5, 0.6) is 0 Å². The Bertz CT molecular complexity index is 132. The second kappa shape index (κ2) is 5.10. The minimum absolute atomic E-state index is 0.0724. The van der Waals surface area contributed by atoms with Gasteiger partial charge in [-0.3, -0.25) is 0 Å². The van der Waals surface area contributed by atoms with Crippen LogP contribution in [0, 0.1) is 0 Å². The van der Waals surface area contributed by atoms with Crippen molar-refractivity contribution in [3.05, 3.63) is 0 Å². The fourth-order valence-electron chi connectivity index (χ4n) is 1.84. The molecular formula is C9H19NOS. The number of aliphatic hydroxyl groups is 1. The van der Waals surface area contributed by atoms with Crippen LogP contribution < -0.4 is 0 Å². The number of rotatable bonds is 4. The SMILES string of the molecule is CSCCN(C)[C@H]1CCC[C@@H]1O. The Labute approximate surface area is 79.3 Å². The van der Waals surface area contributed by atoms with Crippen molar-refractivity contribution in [3.63, 3.8) is 0 Å². The summed E-state index contributed by atoms with van der Waals surface area (Å²) in [5.41, 5.74) is 0. The largest absolute Gasteiger partial charge is 0.391 e. The minimum Gasteiger partial charge on any atom is -0.391 e. The molecule has 0 aromatic carbocycles. The first-order chi connectivity index (χ1) is 5.75. The molecule has 1 aliphatic rings. The van der Waals surface area contributed by atoms with E-state index >= 15 is 0 Å². The van der Waals surface area contributed by atoms with Gasteiger partial charge in [-0.25, -0.2) is 0 Å². The van der Waals surface area contributed by atoms with Gasteiger partial charge in [0.25, 0.3) is 0 Å². The zero-order valence-corrected chi connectivity index (χ0v) is 8.81. The van der Waals surface area contributed by atoms with Crippen molar-refractivity contribution in [1.82, 2.24) is 4.90 Å². The van der Waals surface area contributed by atoms with E-state index in [1.165, 1.54) is 18.6 Å². The smallest absolute Gasteiger partial charge is 0.0695 e. The van der Waals surface area contributed by atoms with Crippen LogP contribution in [0.3, 0.4) is 0 Å². The van der Waals surface area contributed by atoms with E-state index in [1.807, 2.05) is 11.8 Å². The van der Waals surface area contributed by atoms with Gasteiger partial charge in [-0.15, -0.1) is 0 Å². The van der Waals surface area contributed by atoms with Crippen LogP contribution in [-0.4, -0.2) is 47.8 Å². The first kappa shape index (κ1) is 10.4. The zero-order valence-electron chi connectivity index (χ0n) is 7.99. The van der Waals surface area contributed by atoms with E-state index in [2.05, 4.69) is 18.2 Å². The second-order valence-corrected chi connectivity index (χ2v) is 4.52. The molecule has 0 radical (unpaired) electrons. The molecule has 72 valence electrons. The van der Waals surface area contributed by atoms with Crippen LogP contribution in [0.4, 0.5) is 0 Å². The summed E-state index contributed by atoms with van der Waals surface area (Å²) in [4.78, 5) is 2.30. The minimum atomic E-state index is -0.0724. The normalized spacial score (nSPS) is 30.0. The molecule has 2 atom stereocenters. The molecule has 0 aromatic rings. The fraction of sp³-hybridized carbons (Fsp3) is 1.00. The molecule has 0 heterocycles. The van der Waals surface area contributed by atoms with E-state index in [0.29, 0.717) is 6.04 Å². The van der Waals surface area contributed by atoms with Crippen molar-refractivity contribution in [2.24, 2.45) is 0 Å². The zero-order chi connectivity index (χ0) is 8.97. The van der Waals surface area contributed by atoms with Gasteiger partial charge < -0.3 is 10.0 Å². The summed E-state index contributed by atoms with van der Waals surface area (Å²) in [6.07, 6.45) is 5.41. The third-order valence-electron chi connectivity index (χ3n) is 2.66. The van der Waals surface area contributed by atoms with Gasteiger partial charge in [0, 0.05) is 18.3 Å². The molecule has 0 saturated heterocycles. The number of hydrogen-bond acceptors (Lipinski definition) is 3. The van der Waals surface area contributed by atoms with Crippen molar-refractivity contribution in [2.45, 2.75) is 31.4 Å². The summed E-state index contributed by atoms with van der Waals surface area (Å²) in [6.45, 7) is 1.10. The molecule has 0 aliphatic heterocycles. The van der Waals surface area contributed by atoms with Gasteiger partial charge in [-0.2, -0.15) is 11.8 Å². The molecule has 0 bridgehead atoms. The molecular weight excluding hydrogens is 170 g/mol. The quantitative estimate of drug-likeness (QED) is 0.719. The van der Waals surface area contributed by atoms with E-state index < -0.39 is 0 Å². The lowest BCUT2D eigenvalue weighted by Crippen LogP contribution is -2.38. The van der Waals surface area contributed by atoms with Crippen molar-refractivity contribution in [2.75, 3.05) is 25.6 Å². The monoisotopic (exact) mass is 189 g/mol. The molecule has 0 unspecified atom stereocenters. The molecule has 0 amide bonds. The lowest BCUT2D eigenvalue weighted by Gasteiger charge is -2.26. The molecule has 1 rings (SSSR count). The van der Waals surface area contributed by atoms with Crippen molar-refractivity contribution in [1.29, 1.82) is 0 Å². The molecule has 1 fully saturated rings. The lowest BCUT2D eigenvalue weighted by atomic mass is 10.2. The summed E-state index contributed by atoms with van der Waals surface area (Å²) in [6, 6.07) is 0.428. The van der Waals surface area contributed by atoms with E-state index in [9.17, 15) is 5.11 Å². The van der Waals surface area contributed by atoms with Gasteiger partial charge in [0.15, 0.2) is 0 Å². The van der Waals surface area contributed by atoms with Gasteiger partial charge >= 0.3 is 0 Å². The Hall–Kier alpha value is 0.270. The van der Waals surface area contributed by atoms with Gasteiger partial charge in [-0.1, -0.05) is 0 Å². The average Bonchev–Trinajstić information content (AvgIpc) is 2.47. The molecule has 1 saturated carbocycles. The Morgan fingerprint density at radius 3 is 2.75 bits per heavy atom. The van der Waals surface area contributed by atoms with E-state index in [1.54, 1.807) is 0 Å². The highest BCUT2D eigenvalue weighted by Crippen LogP contribution is 2.23. The predicted molar refractivity (Wildman–Crippen MR) is 54.7 cm³/mol. The maximum atomic E-state index is 9.61. The Balaban J connectivity index is 2.25. The first-order valence-electron chi connectivity index (χ1n) is 4.63. The topological polar surface area (TPSA) is 23.5 Å². The van der Waals surface area contributed by atoms with Crippen LogP contribution in [-0.2, 0) is 0 Å². The van der Waals surface area contributed by atoms with Gasteiger partial charge in [0.1, 0.15) is 0 Å². The Kier molecular flexibility index (Phi) is 4.40. The Morgan fingerprint density at radius 1 is 1.50 bits per heavy atom. The first-order valence-corrected chi connectivity index (χ1v) is 6.02.